The Hall–Kier alpha value is -2.44. The van der Waals surface area contributed by atoms with E-state index in [9.17, 15) is 4.79 Å². The van der Waals surface area contributed by atoms with Crippen LogP contribution in [0.4, 0.5) is 0 Å². The minimum absolute atomic E-state index is 0.0761. The van der Waals surface area contributed by atoms with Crippen molar-refractivity contribution in [1.29, 1.82) is 0 Å². The molecule has 0 N–H and O–H groups in total. The SMILES string of the molecule is COc1cc(OC)c(C(=O)N2CCN(C(C)c3ccccc3Cl)CC2)cc1OC. The molecule has 0 aliphatic carbocycles. The zero-order chi connectivity index (χ0) is 21.0. The monoisotopic (exact) mass is 418 g/mol. The Morgan fingerprint density at radius 3 is 2.10 bits per heavy atom. The molecule has 6 nitrogen and oxygen atoms in total. The third-order valence-electron chi connectivity index (χ3n) is 5.44. The molecule has 7 heteroatoms. The molecule has 1 aliphatic heterocycles. The highest BCUT2D eigenvalue weighted by Gasteiger charge is 2.28. The molecule has 29 heavy (non-hydrogen) atoms. The number of hydrogen-bond acceptors (Lipinski definition) is 5. The molecule has 0 bridgehead atoms. The molecule has 1 saturated heterocycles. The van der Waals surface area contributed by atoms with E-state index in [2.05, 4.69) is 17.9 Å². The summed E-state index contributed by atoms with van der Waals surface area (Å²) in [6.07, 6.45) is 0. The quantitative estimate of drug-likeness (QED) is 0.712. The van der Waals surface area contributed by atoms with E-state index in [1.54, 1.807) is 33.5 Å². The summed E-state index contributed by atoms with van der Waals surface area (Å²) in [7, 11) is 4.65. The van der Waals surface area contributed by atoms with Gasteiger partial charge in [-0.15, -0.1) is 0 Å². The van der Waals surface area contributed by atoms with Crippen LogP contribution in [0.3, 0.4) is 0 Å². The lowest BCUT2D eigenvalue weighted by Gasteiger charge is -2.38. The summed E-state index contributed by atoms with van der Waals surface area (Å²) in [6.45, 7) is 4.95. The van der Waals surface area contributed by atoms with Crippen LogP contribution >= 0.6 is 11.6 Å². The van der Waals surface area contributed by atoms with Crippen LogP contribution in [0.1, 0.15) is 28.9 Å². The van der Waals surface area contributed by atoms with Gasteiger partial charge in [0.05, 0.1) is 26.9 Å². The Morgan fingerprint density at radius 2 is 1.52 bits per heavy atom. The average molecular weight is 419 g/mol. The summed E-state index contributed by atoms with van der Waals surface area (Å²) in [5, 5.41) is 0.772. The average Bonchev–Trinajstić information content (AvgIpc) is 2.77. The number of benzene rings is 2. The lowest BCUT2D eigenvalue weighted by Crippen LogP contribution is -2.49. The van der Waals surface area contributed by atoms with Gasteiger partial charge in [-0.1, -0.05) is 29.8 Å². The van der Waals surface area contributed by atoms with Crippen LogP contribution in [0.25, 0.3) is 0 Å². The van der Waals surface area contributed by atoms with E-state index in [0.717, 1.165) is 23.7 Å². The summed E-state index contributed by atoms with van der Waals surface area (Å²) in [5.74, 6) is 1.43. The van der Waals surface area contributed by atoms with Crippen molar-refractivity contribution in [1.82, 2.24) is 9.80 Å². The number of amides is 1. The van der Waals surface area contributed by atoms with Crippen molar-refractivity contribution < 1.29 is 19.0 Å². The lowest BCUT2D eigenvalue weighted by atomic mass is 10.1. The molecular formula is C22H27ClN2O4. The summed E-state index contributed by atoms with van der Waals surface area (Å²) in [4.78, 5) is 17.3. The largest absolute Gasteiger partial charge is 0.496 e. The molecule has 156 valence electrons. The first-order valence-corrected chi connectivity index (χ1v) is 9.95. The molecule has 1 fully saturated rings. The zero-order valence-electron chi connectivity index (χ0n) is 17.3. The predicted octanol–water partition coefficient (Wildman–Crippen LogP) is 3.88. The number of hydrogen-bond donors (Lipinski definition) is 0. The molecule has 2 aromatic rings. The van der Waals surface area contributed by atoms with Crippen LogP contribution in [0, 0.1) is 0 Å². The van der Waals surface area contributed by atoms with Crippen molar-refractivity contribution in [3.63, 3.8) is 0 Å². The van der Waals surface area contributed by atoms with E-state index in [-0.39, 0.29) is 11.9 Å². The Morgan fingerprint density at radius 1 is 0.931 bits per heavy atom. The molecular weight excluding hydrogens is 392 g/mol. The fraction of sp³-hybridized carbons (Fsp3) is 0.409. The van der Waals surface area contributed by atoms with E-state index < -0.39 is 0 Å². The summed E-state index contributed by atoms with van der Waals surface area (Å²) < 4.78 is 16.1. The second kappa shape index (κ2) is 9.37. The topological polar surface area (TPSA) is 51.2 Å². The molecule has 1 aliphatic rings. The van der Waals surface area contributed by atoms with Crippen molar-refractivity contribution in [2.75, 3.05) is 47.5 Å². The van der Waals surface area contributed by atoms with Gasteiger partial charge >= 0.3 is 0 Å². The first kappa shape index (κ1) is 21.3. The number of carbonyl (C=O) groups is 1. The Kier molecular flexibility index (Phi) is 6.87. The van der Waals surface area contributed by atoms with Crippen molar-refractivity contribution in [2.45, 2.75) is 13.0 Å². The van der Waals surface area contributed by atoms with Gasteiger partial charge in [0, 0.05) is 49.4 Å². The van der Waals surface area contributed by atoms with E-state index in [1.165, 1.54) is 0 Å². The number of carbonyl (C=O) groups excluding carboxylic acids is 1. The second-order valence-electron chi connectivity index (χ2n) is 6.93. The Bertz CT molecular complexity index is 866. The van der Waals surface area contributed by atoms with Gasteiger partial charge < -0.3 is 19.1 Å². The van der Waals surface area contributed by atoms with Crippen LogP contribution in [0.5, 0.6) is 17.2 Å². The van der Waals surface area contributed by atoms with Crippen LogP contribution in [-0.2, 0) is 0 Å². The third kappa shape index (κ3) is 4.43. The number of halogens is 1. The molecule has 0 aromatic heterocycles. The molecule has 0 radical (unpaired) electrons. The molecule has 3 rings (SSSR count). The first-order valence-electron chi connectivity index (χ1n) is 9.58. The number of ether oxygens (including phenoxy) is 3. The zero-order valence-corrected chi connectivity index (χ0v) is 18.0. The summed E-state index contributed by atoms with van der Waals surface area (Å²) in [5.41, 5.74) is 1.58. The minimum atomic E-state index is -0.0761. The molecule has 0 saturated carbocycles. The number of nitrogens with zero attached hydrogens (tertiary/aromatic N) is 2. The van der Waals surface area contributed by atoms with Gasteiger partial charge in [0.15, 0.2) is 11.5 Å². The van der Waals surface area contributed by atoms with Crippen molar-refractivity contribution >= 4 is 17.5 Å². The normalized spacial score (nSPS) is 15.7. The molecule has 1 atom stereocenters. The highest BCUT2D eigenvalue weighted by Crippen LogP contribution is 2.35. The smallest absolute Gasteiger partial charge is 0.257 e. The number of piperazine rings is 1. The maximum Gasteiger partial charge on any atom is 0.257 e. The van der Waals surface area contributed by atoms with E-state index >= 15 is 0 Å². The maximum absolute atomic E-state index is 13.2. The first-order chi connectivity index (χ1) is 14.0. The molecule has 1 heterocycles. The number of rotatable bonds is 6. The predicted molar refractivity (Wildman–Crippen MR) is 113 cm³/mol. The van der Waals surface area contributed by atoms with Gasteiger partial charge in [0.2, 0.25) is 0 Å². The van der Waals surface area contributed by atoms with Crippen LogP contribution < -0.4 is 14.2 Å². The van der Waals surface area contributed by atoms with E-state index in [4.69, 9.17) is 25.8 Å². The third-order valence-corrected chi connectivity index (χ3v) is 5.78. The molecule has 2 aromatic carbocycles. The Balaban J connectivity index is 1.73. The van der Waals surface area contributed by atoms with Crippen LogP contribution in [-0.4, -0.2) is 63.2 Å². The van der Waals surface area contributed by atoms with Gasteiger partial charge in [-0.05, 0) is 18.6 Å². The summed E-state index contributed by atoms with van der Waals surface area (Å²) in [6, 6.07) is 11.5. The van der Waals surface area contributed by atoms with Crippen LogP contribution in [0.2, 0.25) is 5.02 Å². The Labute approximate surface area is 176 Å². The van der Waals surface area contributed by atoms with Gasteiger partial charge in [-0.3, -0.25) is 9.69 Å². The van der Waals surface area contributed by atoms with Gasteiger partial charge in [-0.25, -0.2) is 0 Å². The molecule has 1 unspecified atom stereocenters. The summed E-state index contributed by atoms with van der Waals surface area (Å²) >= 11 is 6.36. The second-order valence-corrected chi connectivity index (χ2v) is 7.34. The fourth-order valence-corrected chi connectivity index (χ4v) is 3.98. The van der Waals surface area contributed by atoms with Gasteiger partial charge in [0.1, 0.15) is 5.75 Å². The lowest BCUT2D eigenvalue weighted by molar-refractivity contribution is 0.0578. The molecule has 1 amide bonds. The molecule has 0 spiro atoms. The van der Waals surface area contributed by atoms with Gasteiger partial charge in [-0.2, -0.15) is 0 Å². The van der Waals surface area contributed by atoms with Gasteiger partial charge in [0.25, 0.3) is 5.91 Å². The highest BCUT2D eigenvalue weighted by molar-refractivity contribution is 6.31. The van der Waals surface area contributed by atoms with Crippen molar-refractivity contribution in [3.05, 3.63) is 52.5 Å². The van der Waals surface area contributed by atoms with E-state index in [1.807, 2.05) is 23.1 Å². The van der Waals surface area contributed by atoms with E-state index in [0.29, 0.717) is 35.9 Å². The highest BCUT2D eigenvalue weighted by atomic mass is 35.5. The van der Waals surface area contributed by atoms with Crippen molar-refractivity contribution in [3.8, 4) is 17.2 Å². The number of methoxy groups -OCH3 is 3. The van der Waals surface area contributed by atoms with Crippen molar-refractivity contribution in [2.24, 2.45) is 0 Å². The van der Waals surface area contributed by atoms with Crippen LogP contribution in [0.15, 0.2) is 36.4 Å². The fourth-order valence-electron chi connectivity index (χ4n) is 3.69. The maximum atomic E-state index is 13.2. The minimum Gasteiger partial charge on any atom is -0.496 e. The standard InChI is InChI=1S/C22H27ClN2O4/c1-15(16-7-5-6-8-18(16)23)24-9-11-25(12-10-24)22(26)17-13-20(28-3)21(29-4)14-19(17)27-2/h5-8,13-15H,9-12H2,1-4H3.